The van der Waals surface area contributed by atoms with Gasteiger partial charge in [-0.1, -0.05) is 134 Å². The molecular formula is C51H72N19S4Y9-9. The molecule has 0 aliphatic carbocycles. The Kier molecular flexibility index (Phi) is 75.2. The number of aryl methyl sites for hydroxylation is 19. The Morgan fingerprint density at radius 3 is 1.14 bits per heavy atom. The second-order valence-corrected chi connectivity index (χ2v) is 20.6. The number of hydrogen-bond donors (Lipinski definition) is 0. The van der Waals surface area contributed by atoms with Gasteiger partial charge in [0.05, 0.1) is 11.4 Å². The van der Waals surface area contributed by atoms with Gasteiger partial charge in [-0.2, -0.15) is 28.2 Å². The van der Waals surface area contributed by atoms with Crippen LogP contribution in [0.3, 0.4) is 0 Å². The molecule has 9 radical (unpaired) electrons. The molecule has 19 nitrogen and oxygen atoms in total. The van der Waals surface area contributed by atoms with Crippen LogP contribution in [0.25, 0.3) is 0 Å². The summed E-state index contributed by atoms with van der Waals surface area (Å²) < 4.78 is 18.6. The minimum Gasteiger partial charge on any atom is -0.446 e. The molecule has 0 fully saturated rings. The second-order valence-electron chi connectivity index (χ2n) is 16.3. The minimum atomic E-state index is 0. The van der Waals surface area contributed by atoms with E-state index < -0.39 is 0 Å². The summed E-state index contributed by atoms with van der Waals surface area (Å²) in [7, 11) is 11.6. The minimum absolute atomic E-state index is 0. The third kappa shape index (κ3) is 46.3. The number of rotatable bonds is 0. The zero-order chi connectivity index (χ0) is 56.2. The van der Waals surface area contributed by atoms with Gasteiger partial charge in [0.15, 0.2) is 0 Å². The largest absolute Gasteiger partial charge is 0.446 e. The van der Waals surface area contributed by atoms with Crippen molar-refractivity contribution in [2.45, 2.75) is 125 Å². The molecule has 0 aromatic carbocycles. The molecular weight excluding hydrogens is 1810 g/mol. The van der Waals surface area contributed by atoms with Crippen molar-refractivity contribution in [3.05, 3.63) is 154 Å². The average Bonchev–Trinajstić information content (AvgIpc) is 4.29. The quantitative estimate of drug-likeness (QED) is 0.131. The second kappa shape index (κ2) is 59.3. The molecule has 0 atom stereocenters. The molecule has 10 heterocycles. The Hall–Kier alpha value is 3.51. The van der Waals surface area contributed by atoms with Gasteiger partial charge in [0.1, 0.15) is 0 Å². The fourth-order valence-electron chi connectivity index (χ4n) is 4.64. The standard InChI is InChI=1S/C8H12N.3C6H9N2.C5H9N3.2C5H6NS.C4H6N3.2C3H3N2S.9Y/c1-6-5-7(2)9(4)8(6)3;1-5-4-7-6(2)8(5)3;1-5-4-8(3)7-6(5)2;1-5-4-7-8(3)6(5)2;1-4-5(2)8(3)7-6-4;1-4-3-6-5(2)7-4;1-4-3-6-7-5(4)2;1-4-5-3-6-7(4)2;1-3-5-4-2-6-3;1-3-4-2-5-6-3;;;;;;;;;/h1-4H3;4*1-3H3;3*1-2H3;2*1H3;;;;;;;;;/q4*-1;;5*-1;;;;;;;;;. The molecule has 0 saturated heterocycles. The summed E-state index contributed by atoms with van der Waals surface area (Å²) in [4.78, 5) is 17.7. The van der Waals surface area contributed by atoms with E-state index in [2.05, 4.69) is 152 Å². The number of imidazole rings is 1. The predicted molar refractivity (Wildman–Crippen MR) is 296 cm³/mol. The molecule has 83 heavy (non-hydrogen) atoms. The summed E-state index contributed by atoms with van der Waals surface area (Å²) in [5.41, 5.74) is 15.3. The van der Waals surface area contributed by atoms with E-state index in [1.807, 2.05) is 148 Å². The van der Waals surface area contributed by atoms with Gasteiger partial charge in [0.25, 0.3) is 0 Å². The summed E-state index contributed by atoms with van der Waals surface area (Å²) >= 11 is 5.97. The van der Waals surface area contributed by atoms with Gasteiger partial charge in [-0.3, -0.25) is 25.1 Å². The van der Waals surface area contributed by atoms with E-state index >= 15 is 0 Å². The molecule has 10 aromatic heterocycles. The third-order valence-corrected chi connectivity index (χ3v) is 13.1. The van der Waals surface area contributed by atoms with E-state index in [0.717, 1.165) is 65.5 Å². The van der Waals surface area contributed by atoms with Gasteiger partial charge >= 0.3 is 0 Å². The van der Waals surface area contributed by atoms with E-state index in [4.69, 9.17) is 0 Å². The zero-order valence-electron chi connectivity index (χ0n) is 52.8. The van der Waals surface area contributed by atoms with E-state index in [9.17, 15) is 0 Å². The molecule has 0 spiro atoms. The van der Waals surface area contributed by atoms with Crippen LogP contribution in [0.4, 0.5) is 0 Å². The monoisotopic (exact) mass is 1880 g/mol. The Morgan fingerprint density at radius 2 is 1.02 bits per heavy atom. The number of hydrogen-bond acceptors (Lipinski definition) is 17. The SMILES string of the molecule is Cc1[c-]c(C)n(C)c1C.Cc1[c-]n(C)nc1C.Cc1[c-]nc(C)n1C.Cc1[c-]nc(C)s1.Cc1[c-]nn(C)c1C.Cc1[c-]nsc1C.Cc1n[c-]nn1C.Cc1n[c-]ns1.Cc1nn[c-]s1.Cc1nnn(C)c1C.[Y].[Y].[Y].[Y].[Y].[Y].[Y].[Y].[Y]. The van der Waals surface area contributed by atoms with Crippen molar-refractivity contribution in [2.24, 2.45) is 42.3 Å². The first-order chi connectivity index (χ1) is 34.7. The number of thiazole rings is 1. The Balaban J connectivity index is -0.000000104. The Morgan fingerprint density at radius 1 is 0.422 bits per heavy atom. The first-order valence-electron chi connectivity index (χ1n) is 22.8. The number of aromatic nitrogens is 19. The van der Waals surface area contributed by atoms with Crippen LogP contribution in [0.5, 0.6) is 0 Å². The van der Waals surface area contributed by atoms with Crippen molar-refractivity contribution < 1.29 is 294 Å². The smallest absolute Gasteiger partial charge is 0.0825 e. The topological polar surface area (TPSA) is 197 Å². The molecule has 0 N–H and O–H groups in total. The molecule has 0 unspecified atom stereocenters. The molecule has 0 bridgehead atoms. The summed E-state index contributed by atoms with van der Waals surface area (Å²) in [5.74, 6) is 1.91. The van der Waals surface area contributed by atoms with Crippen LogP contribution in [0.1, 0.15) is 98.5 Å². The molecule has 10 aromatic rings. The molecule has 0 amide bonds. The van der Waals surface area contributed by atoms with E-state index in [1.165, 1.54) is 67.5 Å². The molecule has 0 saturated carbocycles. The van der Waals surface area contributed by atoms with Crippen LogP contribution in [0, 0.1) is 180 Å². The van der Waals surface area contributed by atoms with Gasteiger partial charge in [-0.25, -0.2) is 23.0 Å². The number of nitrogens with zero attached hydrogens (tertiary/aromatic N) is 19. The fraction of sp³-hybridized carbons (Fsp3) is 0.471. The summed E-state index contributed by atoms with van der Waals surface area (Å²) in [5, 5.41) is 29.4. The molecule has 0 aliphatic heterocycles. The van der Waals surface area contributed by atoms with Crippen molar-refractivity contribution in [1.82, 2.24) is 92.3 Å². The first-order valence-corrected chi connectivity index (χ1v) is 26.0. The molecule has 431 valence electrons. The van der Waals surface area contributed by atoms with Crippen molar-refractivity contribution in [3.63, 3.8) is 0 Å². The average molecular weight is 1880 g/mol. The van der Waals surface area contributed by atoms with Crippen LogP contribution in [0.2, 0.25) is 0 Å². The third-order valence-electron chi connectivity index (χ3n) is 10.5. The van der Waals surface area contributed by atoms with Crippen LogP contribution >= 0.6 is 45.7 Å². The van der Waals surface area contributed by atoms with Crippen LogP contribution in [0.15, 0.2) is 0 Å². The van der Waals surface area contributed by atoms with Crippen molar-refractivity contribution >= 4 is 45.7 Å². The van der Waals surface area contributed by atoms with Gasteiger partial charge < -0.3 is 68.3 Å². The van der Waals surface area contributed by atoms with E-state index in [1.54, 1.807) is 25.4 Å². The van der Waals surface area contributed by atoms with E-state index in [-0.39, 0.29) is 294 Å². The molecule has 32 heteroatoms. The molecule has 10 rings (SSSR count). The van der Waals surface area contributed by atoms with Gasteiger partial charge in [0.2, 0.25) is 0 Å². The van der Waals surface area contributed by atoms with E-state index in [0.29, 0.717) is 0 Å². The van der Waals surface area contributed by atoms with Gasteiger partial charge in [-0.15, -0.1) is 63.9 Å². The summed E-state index contributed by atoms with van der Waals surface area (Å²) in [6.07, 6.45) is 19.3. The first kappa shape index (κ1) is 105. The zero-order valence-corrected chi connectivity index (χ0v) is 81.6. The maximum atomic E-state index is 4.07. The van der Waals surface area contributed by atoms with Crippen LogP contribution in [-0.4, -0.2) is 92.3 Å². The Labute approximate surface area is 738 Å². The summed E-state index contributed by atoms with van der Waals surface area (Å²) in [6, 6.07) is 3.24. The van der Waals surface area contributed by atoms with Crippen molar-refractivity contribution in [2.75, 3.05) is 0 Å². The maximum Gasteiger partial charge on any atom is 0.0825 e. The fourth-order valence-corrected chi connectivity index (χ4v) is 6.36. The Bertz CT molecular complexity index is 2740. The molecule has 0 aliphatic rings. The van der Waals surface area contributed by atoms with Crippen molar-refractivity contribution in [1.29, 1.82) is 0 Å². The van der Waals surface area contributed by atoms with Crippen LogP contribution in [-0.2, 0) is 337 Å². The van der Waals surface area contributed by atoms with Crippen LogP contribution < -0.4 is 0 Å². The van der Waals surface area contributed by atoms with Crippen molar-refractivity contribution in [3.8, 4) is 0 Å². The normalized spacial score (nSPS) is 8.58. The summed E-state index contributed by atoms with van der Waals surface area (Å²) in [6.45, 7) is 35.9. The maximum absolute atomic E-state index is 4.07. The van der Waals surface area contributed by atoms with Gasteiger partial charge in [-0.05, 0) is 77.2 Å². The predicted octanol–water partition coefficient (Wildman–Crippen LogP) is 9.01. The van der Waals surface area contributed by atoms with Gasteiger partial charge in [0, 0.05) is 323 Å².